The van der Waals surface area contributed by atoms with Crippen LogP contribution in [0.3, 0.4) is 0 Å². The van der Waals surface area contributed by atoms with E-state index < -0.39 is 11.0 Å². The molecule has 1 unspecified atom stereocenters. The first-order valence-corrected chi connectivity index (χ1v) is 5.26. The van der Waals surface area contributed by atoms with Crippen molar-refractivity contribution in [3.63, 3.8) is 0 Å². The number of aliphatic hydroxyl groups excluding tert-OH is 1. The lowest BCUT2D eigenvalue weighted by Gasteiger charge is -2.03. The molecule has 0 spiro atoms. The van der Waals surface area contributed by atoms with Crippen LogP contribution in [0.2, 0.25) is 0 Å². The summed E-state index contributed by atoms with van der Waals surface area (Å²) in [4.78, 5) is 10.0. The number of hydrogen-bond donors (Lipinski definition) is 1. The summed E-state index contributed by atoms with van der Waals surface area (Å²) in [5, 5.41) is 23.5. The predicted octanol–water partition coefficient (Wildman–Crippen LogP) is 1.70. The number of nitrogens with zero attached hydrogens (tertiary/aromatic N) is 3. The number of halogens is 2. The summed E-state index contributed by atoms with van der Waals surface area (Å²) in [6.07, 6.45) is -0.613. The largest absolute Gasteiger partial charge is 0.391 e. The van der Waals surface area contributed by atoms with Crippen molar-refractivity contribution in [2.75, 3.05) is 0 Å². The van der Waals surface area contributed by atoms with Crippen molar-refractivity contribution in [3.05, 3.63) is 19.3 Å². The van der Waals surface area contributed by atoms with Gasteiger partial charge in [-0.3, -0.25) is 10.1 Å². The summed E-state index contributed by atoms with van der Waals surface area (Å²) in [6.45, 7) is 1.78. The van der Waals surface area contributed by atoms with E-state index in [0.29, 0.717) is 0 Å². The summed E-state index contributed by atoms with van der Waals surface area (Å²) in [5.41, 5.74) is -0.134. The van der Waals surface area contributed by atoms with Crippen LogP contribution >= 0.6 is 31.9 Å². The van der Waals surface area contributed by atoms with Crippen molar-refractivity contribution in [1.29, 1.82) is 0 Å². The molecule has 14 heavy (non-hydrogen) atoms. The van der Waals surface area contributed by atoms with E-state index in [2.05, 4.69) is 37.0 Å². The Labute approximate surface area is 96.3 Å². The Kier molecular flexibility index (Phi) is 3.62. The maximum absolute atomic E-state index is 10.6. The Morgan fingerprint density at radius 1 is 1.71 bits per heavy atom. The van der Waals surface area contributed by atoms with Gasteiger partial charge in [-0.05, 0) is 38.8 Å². The van der Waals surface area contributed by atoms with Gasteiger partial charge >= 0.3 is 5.69 Å². The minimum absolute atomic E-state index is 0.134. The zero-order valence-electron chi connectivity index (χ0n) is 7.15. The Morgan fingerprint density at radius 2 is 2.29 bits per heavy atom. The molecular formula is C6H7Br2N3O3. The molecule has 1 heterocycles. The Hall–Kier alpha value is -0.470. The summed E-state index contributed by atoms with van der Waals surface area (Å²) >= 11 is 6.02. The normalized spacial score (nSPS) is 12.9. The molecule has 0 bridgehead atoms. The molecule has 1 N–H and O–H groups in total. The maximum Gasteiger partial charge on any atom is 0.335 e. The van der Waals surface area contributed by atoms with Crippen molar-refractivity contribution in [1.82, 2.24) is 9.78 Å². The zero-order chi connectivity index (χ0) is 10.9. The highest BCUT2D eigenvalue weighted by Gasteiger charge is 2.24. The second kappa shape index (κ2) is 4.37. The van der Waals surface area contributed by atoms with Gasteiger partial charge < -0.3 is 5.11 Å². The van der Waals surface area contributed by atoms with Gasteiger partial charge in [0.05, 0.1) is 17.6 Å². The Balaban J connectivity index is 3.10. The number of hydrogen-bond acceptors (Lipinski definition) is 4. The van der Waals surface area contributed by atoms with Crippen molar-refractivity contribution in [3.8, 4) is 0 Å². The Bertz CT molecular complexity index is 363. The fourth-order valence-corrected chi connectivity index (χ4v) is 2.27. The lowest BCUT2D eigenvalue weighted by atomic mass is 10.4. The molecule has 1 atom stereocenters. The van der Waals surface area contributed by atoms with Gasteiger partial charge in [0, 0.05) is 0 Å². The highest BCUT2D eigenvalue weighted by molar-refractivity contribution is 9.11. The lowest BCUT2D eigenvalue weighted by molar-refractivity contribution is -0.386. The second-order valence-corrected chi connectivity index (χ2v) is 4.22. The molecule has 0 saturated carbocycles. The van der Waals surface area contributed by atoms with Crippen LogP contribution in [-0.4, -0.2) is 25.9 Å². The van der Waals surface area contributed by atoms with Crippen molar-refractivity contribution < 1.29 is 10.0 Å². The van der Waals surface area contributed by atoms with Gasteiger partial charge in [0.1, 0.15) is 0 Å². The molecule has 0 aliphatic carbocycles. The highest BCUT2D eigenvalue weighted by atomic mass is 79.9. The number of aromatic nitrogens is 2. The average molecular weight is 329 g/mol. The molecule has 0 amide bonds. The van der Waals surface area contributed by atoms with Crippen LogP contribution in [0.5, 0.6) is 0 Å². The van der Waals surface area contributed by atoms with Gasteiger partial charge in [0.25, 0.3) is 0 Å². The van der Waals surface area contributed by atoms with Crippen LogP contribution in [0.1, 0.15) is 6.92 Å². The molecule has 0 radical (unpaired) electrons. The van der Waals surface area contributed by atoms with E-state index in [9.17, 15) is 10.1 Å². The van der Waals surface area contributed by atoms with Gasteiger partial charge in [0.2, 0.25) is 4.60 Å². The number of nitro groups is 1. The second-order valence-electron chi connectivity index (χ2n) is 2.72. The summed E-state index contributed by atoms with van der Waals surface area (Å²) in [6, 6.07) is 0. The number of aliphatic hydroxyl groups is 1. The minimum atomic E-state index is -0.613. The molecule has 0 aromatic carbocycles. The minimum Gasteiger partial charge on any atom is -0.391 e. The fourth-order valence-electron chi connectivity index (χ4n) is 0.927. The van der Waals surface area contributed by atoms with Crippen LogP contribution in [0.15, 0.2) is 9.21 Å². The molecule has 1 aromatic rings. The third-order valence-electron chi connectivity index (χ3n) is 1.45. The third kappa shape index (κ3) is 2.31. The van der Waals surface area contributed by atoms with E-state index >= 15 is 0 Å². The van der Waals surface area contributed by atoms with Crippen molar-refractivity contribution >= 4 is 37.5 Å². The van der Waals surface area contributed by atoms with Crippen LogP contribution < -0.4 is 0 Å². The first-order chi connectivity index (χ1) is 6.43. The molecule has 0 aliphatic heterocycles. The van der Waals surface area contributed by atoms with Crippen LogP contribution in [0, 0.1) is 10.1 Å². The monoisotopic (exact) mass is 327 g/mol. The van der Waals surface area contributed by atoms with E-state index in [0.717, 1.165) is 0 Å². The van der Waals surface area contributed by atoms with Crippen molar-refractivity contribution in [2.45, 2.75) is 19.6 Å². The molecule has 0 fully saturated rings. The molecule has 78 valence electrons. The van der Waals surface area contributed by atoms with E-state index in [1.807, 2.05) is 0 Å². The topological polar surface area (TPSA) is 81.2 Å². The molecule has 0 saturated heterocycles. The van der Waals surface area contributed by atoms with Gasteiger partial charge in [-0.1, -0.05) is 0 Å². The van der Waals surface area contributed by atoms with Gasteiger partial charge in [-0.15, -0.1) is 0 Å². The average Bonchev–Trinajstić information content (AvgIpc) is 2.25. The third-order valence-corrected chi connectivity index (χ3v) is 2.76. The molecule has 8 heteroatoms. The van der Waals surface area contributed by atoms with E-state index in [4.69, 9.17) is 5.11 Å². The van der Waals surface area contributed by atoms with E-state index in [1.54, 1.807) is 6.92 Å². The summed E-state index contributed by atoms with van der Waals surface area (Å²) in [5.74, 6) is 0. The van der Waals surface area contributed by atoms with E-state index in [-0.39, 0.29) is 21.4 Å². The van der Waals surface area contributed by atoms with Gasteiger partial charge in [-0.2, -0.15) is 5.10 Å². The van der Waals surface area contributed by atoms with Crippen LogP contribution in [-0.2, 0) is 6.54 Å². The molecule has 1 rings (SSSR count). The summed E-state index contributed by atoms with van der Waals surface area (Å²) < 4.78 is 1.72. The van der Waals surface area contributed by atoms with Gasteiger partial charge in [0.15, 0.2) is 4.60 Å². The van der Waals surface area contributed by atoms with Gasteiger partial charge in [-0.25, -0.2) is 4.68 Å². The molecule has 0 aliphatic rings. The number of rotatable bonds is 3. The van der Waals surface area contributed by atoms with Crippen molar-refractivity contribution in [2.24, 2.45) is 0 Å². The predicted molar refractivity (Wildman–Crippen MR) is 56.0 cm³/mol. The van der Waals surface area contributed by atoms with E-state index in [1.165, 1.54) is 4.68 Å². The standard InChI is InChI=1S/C6H7Br2N3O3/c1-3(12)2-10-6(8)4(11(13)14)5(7)9-10/h3,12H,2H2,1H3. The van der Waals surface area contributed by atoms with Crippen LogP contribution in [0.4, 0.5) is 5.69 Å². The fraction of sp³-hybridized carbons (Fsp3) is 0.500. The molecular weight excluding hydrogens is 322 g/mol. The Morgan fingerprint density at radius 3 is 2.64 bits per heavy atom. The SMILES string of the molecule is CC(O)Cn1nc(Br)c([N+](=O)[O-])c1Br. The summed E-state index contributed by atoms with van der Waals surface area (Å²) in [7, 11) is 0. The molecule has 1 aromatic heterocycles. The zero-order valence-corrected chi connectivity index (χ0v) is 10.3. The van der Waals surface area contributed by atoms with Crippen LogP contribution in [0.25, 0.3) is 0 Å². The molecule has 6 nitrogen and oxygen atoms in total. The maximum atomic E-state index is 10.6. The first kappa shape index (κ1) is 11.6. The first-order valence-electron chi connectivity index (χ1n) is 3.67. The smallest absolute Gasteiger partial charge is 0.335 e. The highest BCUT2D eigenvalue weighted by Crippen LogP contribution is 2.32. The lowest BCUT2D eigenvalue weighted by Crippen LogP contribution is -2.13. The quantitative estimate of drug-likeness (QED) is 0.676.